The van der Waals surface area contributed by atoms with Gasteiger partial charge in [0.1, 0.15) is 0 Å². The molecular weight excluding hydrogens is 279 g/mol. The summed E-state index contributed by atoms with van der Waals surface area (Å²) in [7, 11) is 0. The van der Waals surface area contributed by atoms with Crippen molar-refractivity contribution in [1.29, 1.82) is 0 Å². The Kier molecular flexibility index (Phi) is 7.75. The smallest absolute Gasteiger partial charge is 0.372 e. The maximum atomic E-state index is 12.5. The minimum Gasteiger partial charge on any atom is -0.372 e. The van der Waals surface area contributed by atoms with Crippen LogP contribution >= 0.6 is 0 Å². The Hall–Kier alpha value is -1.07. The molecule has 1 rings (SSSR count). The van der Waals surface area contributed by atoms with Gasteiger partial charge in [0.2, 0.25) is 0 Å². The first kappa shape index (κ1) is 18.0. The van der Waals surface area contributed by atoms with Crippen molar-refractivity contribution in [3.05, 3.63) is 35.9 Å². The maximum Gasteiger partial charge on any atom is 0.389 e. The highest BCUT2D eigenvalue weighted by molar-refractivity contribution is 5.19. The van der Waals surface area contributed by atoms with Gasteiger partial charge in [0, 0.05) is 19.1 Å². The molecule has 21 heavy (non-hydrogen) atoms. The van der Waals surface area contributed by atoms with E-state index in [-0.39, 0.29) is 18.6 Å². The molecule has 0 saturated heterocycles. The Morgan fingerprint density at radius 2 is 1.81 bits per heavy atom. The van der Waals surface area contributed by atoms with Gasteiger partial charge in [-0.05, 0) is 31.9 Å². The number of alkyl halides is 3. The van der Waals surface area contributed by atoms with Crippen LogP contribution in [-0.4, -0.2) is 25.4 Å². The molecular formula is C16H24F3NO. The summed E-state index contributed by atoms with van der Waals surface area (Å²) in [5.41, 5.74) is 0.912. The highest BCUT2D eigenvalue weighted by Gasteiger charge is 2.31. The van der Waals surface area contributed by atoms with Crippen LogP contribution in [0.5, 0.6) is 0 Å². The fraction of sp³-hybridized carbons (Fsp3) is 0.625. The highest BCUT2D eigenvalue weighted by Crippen LogP contribution is 2.29. The third-order valence-corrected chi connectivity index (χ3v) is 3.24. The average Bonchev–Trinajstić information content (AvgIpc) is 2.45. The van der Waals surface area contributed by atoms with Gasteiger partial charge in [-0.25, -0.2) is 0 Å². The normalized spacial score (nSPS) is 14.9. The van der Waals surface area contributed by atoms with Crippen molar-refractivity contribution in [3.8, 4) is 0 Å². The molecule has 2 atom stereocenters. The number of nitrogens with one attached hydrogen (secondary N) is 1. The minimum atomic E-state index is -4.14. The zero-order chi connectivity index (χ0) is 15.7. The van der Waals surface area contributed by atoms with Crippen LogP contribution in [0.15, 0.2) is 30.3 Å². The molecule has 1 aromatic rings. The molecule has 0 spiro atoms. The van der Waals surface area contributed by atoms with Gasteiger partial charge in [-0.15, -0.1) is 0 Å². The largest absolute Gasteiger partial charge is 0.389 e. The summed E-state index contributed by atoms with van der Waals surface area (Å²) in [5, 5.41) is 3.20. The standard InChI is InChI=1S/C16H24F3NO/c1-3-12-20-14(10-11-16(17,18)19)15(21-4-2)13-8-6-5-7-9-13/h5-9,14-15,20H,3-4,10-12H2,1-2H3. The number of hydrogen-bond acceptors (Lipinski definition) is 2. The SMILES string of the molecule is CCCNC(CCC(F)(F)F)C(OCC)c1ccccc1. The fourth-order valence-corrected chi connectivity index (χ4v) is 2.28. The van der Waals surface area contributed by atoms with Crippen LogP contribution in [0.1, 0.15) is 44.8 Å². The lowest BCUT2D eigenvalue weighted by atomic mass is 9.97. The zero-order valence-electron chi connectivity index (χ0n) is 12.6. The van der Waals surface area contributed by atoms with E-state index in [2.05, 4.69) is 5.32 Å². The second-order valence-corrected chi connectivity index (χ2v) is 5.00. The van der Waals surface area contributed by atoms with Gasteiger partial charge in [0.25, 0.3) is 0 Å². The molecule has 0 radical (unpaired) electrons. The number of benzene rings is 1. The monoisotopic (exact) mass is 303 g/mol. The fourth-order valence-electron chi connectivity index (χ4n) is 2.28. The van der Waals surface area contributed by atoms with E-state index in [1.165, 1.54) is 0 Å². The highest BCUT2D eigenvalue weighted by atomic mass is 19.4. The molecule has 0 amide bonds. The van der Waals surface area contributed by atoms with E-state index in [0.29, 0.717) is 13.2 Å². The van der Waals surface area contributed by atoms with E-state index in [1.54, 1.807) is 0 Å². The first-order valence-electron chi connectivity index (χ1n) is 7.44. The van der Waals surface area contributed by atoms with E-state index in [1.807, 2.05) is 44.2 Å². The van der Waals surface area contributed by atoms with Crippen LogP contribution in [0.4, 0.5) is 13.2 Å². The molecule has 2 unspecified atom stereocenters. The summed E-state index contributed by atoms with van der Waals surface area (Å²) in [6.07, 6.45) is -4.41. The Morgan fingerprint density at radius 3 is 2.33 bits per heavy atom. The van der Waals surface area contributed by atoms with Crippen LogP contribution in [-0.2, 0) is 4.74 Å². The minimum absolute atomic E-state index is 0.0169. The summed E-state index contributed by atoms with van der Waals surface area (Å²) in [6, 6.07) is 9.10. The molecule has 1 N–H and O–H groups in total. The summed E-state index contributed by atoms with van der Waals surface area (Å²) >= 11 is 0. The molecule has 120 valence electrons. The summed E-state index contributed by atoms with van der Waals surface area (Å²) in [6.45, 7) is 5.00. The van der Waals surface area contributed by atoms with E-state index in [0.717, 1.165) is 12.0 Å². The third-order valence-electron chi connectivity index (χ3n) is 3.24. The molecule has 0 heterocycles. The van der Waals surface area contributed by atoms with Crippen LogP contribution in [0.3, 0.4) is 0 Å². The third kappa shape index (κ3) is 6.96. The van der Waals surface area contributed by atoms with Crippen LogP contribution in [0.25, 0.3) is 0 Å². The maximum absolute atomic E-state index is 12.5. The molecule has 0 aliphatic carbocycles. The molecule has 0 bridgehead atoms. The van der Waals surface area contributed by atoms with Gasteiger partial charge >= 0.3 is 6.18 Å². The van der Waals surface area contributed by atoms with Crippen molar-refractivity contribution in [3.63, 3.8) is 0 Å². The predicted molar refractivity (Wildman–Crippen MR) is 78.2 cm³/mol. The van der Waals surface area contributed by atoms with Crippen molar-refractivity contribution in [2.75, 3.05) is 13.2 Å². The number of halogens is 3. The molecule has 1 aromatic carbocycles. The van der Waals surface area contributed by atoms with E-state index >= 15 is 0 Å². The van der Waals surface area contributed by atoms with Gasteiger partial charge in [-0.1, -0.05) is 37.3 Å². The van der Waals surface area contributed by atoms with Crippen LogP contribution in [0, 0.1) is 0 Å². The Bertz CT molecular complexity index is 381. The molecule has 0 aromatic heterocycles. The molecule has 0 aliphatic rings. The lowest BCUT2D eigenvalue weighted by molar-refractivity contribution is -0.138. The van der Waals surface area contributed by atoms with Crippen molar-refractivity contribution in [2.45, 2.75) is 51.4 Å². The predicted octanol–water partition coefficient (Wildman–Crippen LogP) is 4.47. The molecule has 5 heteroatoms. The molecule has 0 fully saturated rings. The number of ether oxygens (including phenoxy) is 1. The molecule has 0 saturated carbocycles. The van der Waals surface area contributed by atoms with E-state index in [9.17, 15) is 13.2 Å². The summed E-state index contributed by atoms with van der Waals surface area (Å²) < 4.78 is 43.3. The second kappa shape index (κ2) is 9.05. The summed E-state index contributed by atoms with van der Waals surface area (Å²) in [4.78, 5) is 0. The topological polar surface area (TPSA) is 21.3 Å². The van der Waals surface area contributed by atoms with Gasteiger partial charge in [-0.2, -0.15) is 13.2 Å². The Morgan fingerprint density at radius 1 is 1.14 bits per heavy atom. The average molecular weight is 303 g/mol. The van der Waals surface area contributed by atoms with Crippen LogP contribution in [0.2, 0.25) is 0 Å². The number of rotatable bonds is 9. The first-order chi connectivity index (χ1) is 9.98. The molecule has 0 aliphatic heterocycles. The number of hydrogen-bond donors (Lipinski definition) is 1. The Balaban J connectivity index is 2.84. The van der Waals surface area contributed by atoms with E-state index < -0.39 is 12.6 Å². The van der Waals surface area contributed by atoms with Gasteiger partial charge in [-0.3, -0.25) is 0 Å². The molecule has 2 nitrogen and oxygen atoms in total. The zero-order valence-corrected chi connectivity index (χ0v) is 12.6. The Labute approximate surface area is 124 Å². The van der Waals surface area contributed by atoms with Gasteiger partial charge in [0.15, 0.2) is 0 Å². The van der Waals surface area contributed by atoms with E-state index in [4.69, 9.17) is 4.74 Å². The van der Waals surface area contributed by atoms with Gasteiger partial charge in [0.05, 0.1) is 6.10 Å². The quantitative estimate of drug-likeness (QED) is 0.726. The van der Waals surface area contributed by atoms with Crippen molar-refractivity contribution < 1.29 is 17.9 Å². The van der Waals surface area contributed by atoms with Crippen molar-refractivity contribution in [1.82, 2.24) is 5.32 Å². The van der Waals surface area contributed by atoms with Gasteiger partial charge < -0.3 is 10.1 Å². The first-order valence-corrected chi connectivity index (χ1v) is 7.44. The second-order valence-electron chi connectivity index (χ2n) is 5.00. The van der Waals surface area contributed by atoms with Crippen LogP contribution < -0.4 is 5.32 Å². The summed E-state index contributed by atoms with van der Waals surface area (Å²) in [5.74, 6) is 0. The lowest BCUT2D eigenvalue weighted by Gasteiger charge is -2.29. The van der Waals surface area contributed by atoms with Crippen molar-refractivity contribution in [2.24, 2.45) is 0 Å². The lowest BCUT2D eigenvalue weighted by Crippen LogP contribution is -2.37. The van der Waals surface area contributed by atoms with Crippen molar-refractivity contribution >= 4 is 0 Å².